The number of hydrogen-bond acceptors (Lipinski definition) is 6. The van der Waals surface area contributed by atoms with Gasteiger partial charge in [0, 0.05) is 31.6 Å². The van der Waals surface area contributed by atoms with Crippen LogP contribution in [-0.4, -0.2) is 55.2 Å². The molecule has 0 radical (unpaired) electrons. The number of carbonyl (C=O) groups excluding carboxylic acids is 1. The summed E-state index contributed by atoms with van der Waals surface area (Å²) in [6.07, 6.45) is 7.85. The third-order valence-corrected chi connectivity index (χ3v) is 7.41. The molecular weight excluding hydrogens is 372 g/mol. The van der Waals surface area contributed by atoms with E-state index in [0.717, 1.165) is 81.1 Å². The molecule has 2 saturated heterocycles. The molecule has 7 heteroatoms. The zero-order chi connectivity index (χ0) is 19.1. The number of likely N-dealkylation sites (tertiary alicyclic amines) is 1. The Labute approximate surface area is 169 Å². The van der Waals surface area contributed by atoms with Crippen LogP contribution in [0, 0.1) is 0 Å². The molecule has 0 bridgehead atoms. The van der Waals surface area contributed by atoms with Crippen LogP contribution in [0.4, 0.5) is 11.5 Å². The first-order valence-electron chi connectivity index (χ1n) is 10.6. The SMILES string of the molecule is Nc1c(C(=O)N2CCCCC2)sc2nc(N3CCOCC3)c3c(c12)CCCC3. The fourth-order valence-electron chi connectivity index (χ4n) is 4.83. The second-order valence-electron chi connectivity index (χ2n) is 8.08. The van der Waals surface area contributed by atoms with E-state index in [2.05, 4.69) is 4.90 Å². The van der Waals surface area contributed by atoms with Crippen LogP contribution in [0.15, 0.2) is 0 Å². The zero-order valence-electron chi connectivity index (χ0n) is 16.3. The van der Waals surface area contributed by atoms with Crippen LogP contribution < -0.4 is 10.6 Å². The van der Waals surface area contributed by atoms with Crippen molar-refractivity contribution < 1.29 is 9.53 Å². The third-order valence-electron chi connectivity index (χ3n) is 6.32. The van der Waals surface area contributed by atoms with Crippen molar-refractivity contribution in [1.82, 2.24) is 9.88 Å². The fraction of sp³-hybridized carbons (Fsp3) is 0.619. The Balaban J connectivity index is 1.61. The van der Waals surface area contributed by atoms with Gasteiger partial charge in [-0.1, -0.05) is 0 Å². The van der Waals surface area contributed by atoms with E-state index in [1.807, 2.05) is 4.90 Å². The van der Waals surface area contributed by atoms with Gasteiger partial charge in [0.2, 0.25) is 0 Å². The summed E-state index contributed by atoms with van der Waals surface area (Å²) in [6, 6.07) is 0. The summed E-state index contributed by atoms with van der Waals surface area (Å²) in [7, 11) is 0. The maximum absolute atomic E-state index is 13.1. The van der Waals surface area contributed by atoms with Gasteiger partial charge in [0.05, 0.1) is 18.9 Å². The molecule has 0 saturated carbocycles. The van der Waals surface area contributed by atoms with Gasteiger partial charge in [-0.05, 0) is 56.1 Å². The molecular formula is C21H28N4O2S. The maximum atomic E-state index is 13.1. The first-order chi connectivity index (χ1) is 13.7. The van der Waals surface area contributed by atoms with Crippen molar-refractivity contribution in [3.63, 3.8) is 0 Å². The van der Waals surface area contributed by atoms with Gasteiger partial charge in [0.15, 0.2) is 0 Å². The summed E-state index contributed by atoms with van der Waals surface area (Å²) in [5, 5.41) is 1.05. The van der Waals surface area contributed by atoms with E-state index in [1.165, 1.54) is 41.7 Å². The molecule has 28 heavy (non-hydrogen) atoms. The topological polar surface area (TPSA) is 71.7 Å². The largest absolute Gasteiger partial charge is 0.397 e. The third kappa shape index (κ3) is 3.05. The molecule has 0 spiro atoms. The minimum absolute atomic E-state index is 0.0951. The van der Waals surface area contributed by atoms with Crippen LogP contribution in [0.5, 0.6) is 0 Å². The molecule has 150 valence electrons. The molecule has 0 atom stereocenters. The number of pyridine rings is 1. The van der Waals surface area contributed by atoms with Crippen LogP contribution >= 0.6 is 11.3 Å². The van der Waals surface area contributed by atoms with Crippen molar-refractivity contribution in [2.45, 2.75) is 44.9 Å². The van der Waals surface area contributed by atoms with Crippen LogP contribution in [0.1, 0.15) is 52.9 Å². The van der Waals surface area contributed by atoms with Gasteiger partial charge in [-0.2, -0.15) is 0 Å². The molecule has 5 rings (SSSR count). The van der Waals surface area contributed by atoms with E-state index in [-0.39, 0.29) is 5.91 Å². The zero-order valence-corrected chi connectivity index (χ0v) is 17.2. The first kappa shape index (κ1) is 18.2. The normalized spacial score (nSPS) is 20.4. The molecule has 3 aliphatic rings. The Morgan fingerprint density at radius 1 is 0.964 bits per heavy atom. The molecule has 1 amide bonds. The molecule has 2 N–H and O–H groups in total. The smallest absolute Gasteiger partial charge is 0.266 e. The fourth-order valence-corrected chi connectivity index (χ4v) is 5.92. The molecule has 2 aliphatic heterocycles. The minimum Gasteiger partial charge on any atom is -0.397 e. The number of carbonyl (C=O) groups is 1. The highest BCUT2D eigenvalue weighted by Gasteiger charge is 2.29. The Kier molecular flexibility index (Phi) is 4.88. The number of anilines is 2. The summed E-state index contributed by atoms with van der Waals surface area (Å²) in [5.41, 5.74) is 9.94. The van der Waals surface area contributed by atoms with E-state index in [1.54, 1.807) is 0 Å². The van der Waals surface area contributed by atoms with Crippen molar-refractivity contribution >= 4 is 39.0 Å². The van der Waals surface area contributed by atoms with Gasteiger partial charge in [-0.15, -0.1) is 11.3 Å². The molecule has 0 unspecified atom stereocenters. The van der Waals surface area contributed by atoms with Crippen LogP contribution in [0.2, 0.25) is 0 Å². The summed E-state index contributed by atoms with van der Waals surface area (Å²) in [5.74, 6) is 1.20. The number of piperidine rings is 1. The second-order valence-corrected chi connectivity index (χ2v) is 9.08. The highest BCUT2D eigenvalue weighted by atomic mass is 32.1. The number of rotatable bonds is 2. The van der Waals surface area contributed by atoms with Crippen LogP contribution in [-0.2, 0) is 17.6 Å². The van der Waals surface area contributed by atoms with Gasteiger partial charge < -0.3 is 20.3 Å². The predicted octanol–water partition coefficient (Wildman–Crippen LogP) is 3.22. The molecule has 0 aromatic carbocycles. The number of nitrogens with zero attached hydrogens (tertiary/aromatic N) is 3. The van der Waals surface area contributed by atoms with Crippen molar-refractivity contribution in [2.75, 3.05) is 50.0 Å². The first-order valence-corrected chi connectivity index (χ1v) is 11.4. The average molecular weight is 401 g/mol. The molecule has 2 aromatic heterocycles. The number of morpholine rings is 1. The Bertz CT molecular complexity index is 898. The van der Waals surface area contributed by atoms with Gasteiger partial charge in [0.25, 0.3) is 5.91 Å². The number of thiophene rings is 1. The summed E-state index contributed by atoms with van der Waals surface area (Å²) >= 11 is 1.49. The van der Waals surface area contributed by atoms with E-state index in [9.17, 15) is 4.79 Å². The van der Waals surface area contributed by atoms with Gasteiger partial charge in [-0.3, -0.25) is 4.79 Å². The Hall–Kier alpha value is -1.86. The van der Waals surface area contributed by atoms with Gasteiger partial charge in [-0.25, -0.2) is 4.98 Å². The van der Waals surface area contributed by atoms with Crippen molar-refractivity contribution in [3.8, 4) is 0 Å². The number of nitrogen functional groups attached to an aromatic ring is 1. The highest BCUT2D eigenvalue weighted by molar-refractivity contribution is 7.21. The lowest BCUT2D eigenvalue weighted by Crippen LogP contribution is -2.37. The van der Waals surface area contributed by atoms with Crippen molar-refractivity contribution in [2.24, 2.45) is 0 Å². The van der Waals surface area contributed by atoms with Crippen molar-refractivity contribution in [1.29, 1.82) is 0 Å². The van der Waals surface area contributed by atoms with Crippen LogP contribution in [0.3, 0.4) is 0 Å². The summed E-state index contributed by atoms with van der Waals surface area (Å²) in [6.45, 7) is 4.95. The van der Waals surface area contributed by atoms with Gasteiger partial charge in [0.1, 0.15) is 15.5 Å². The lowest BCUT2D eigenvalue weighted by atomic mass is 9.89. The minimum atomic E-state index is 0.0951. The number of ether oxygens (including phenoxy) is 1. The number of aryl methyl sites for hydroxylation is 1. The van der Waals surface area contributed by atoms with E-state index >= 15 is 0 Å². The average Bonchev–Trinajstić information content (AvgIpc) is 3.10. The Morgan fingerprint density at radius 2 is 1.68 bits per heavy atom. The number of hydrogen-bond donors (Lipinski definition) is 1. The van der Waals surface area contributed by atoms with E-state index in [4.69, 9.17) is 15.5 Å². The summed E-state index contributed by atoms with van der Waals surface area (Å²) < 4.78 is 5.54. The molecule has 1 aliphatic carbocycles. The van der Waals surface area contributed by atoms with Crippen LogP contribution in [0.25, 0.3) is 10.2 Å². The molecule has 2 fully saturated rings. The quantitative estimate of drug-likeness (QED) is 0.838. The summed E-state index contributed by atoms with van der Waals surface area (Å²) in [4.78, 5) is 24.2. The van der Waals surface area contributed by atoms with E-state index in [0.29, 0.717) is 10.6 Å². The van der Waals surface area contributed by atoms with E-state index < -0.39 is 0 Å². The highest BCUT2D eigenvalue weighted by Crippen LogP contribution is 2.42. The second kappa shape index (κ2) is 7.52. The lowest BCUT2D eigenvalue weighted by molar-refractivity contribution is 0.0730. The Morgan fingerprint density at radius 3 is 2.43 bits per heavy atom. The number of aromatic nitrogens is 1. The van der Waals surface area contributed by atoms with Gasteiger partial charge >= 0.3 is 0 Å². The number of amides is 1. The molecule has 4 heterocycles. The standard InChI is InChI=1S/C21H28N4O2S/c22-17-16-14-6-2-3-7-15(14)19(24-10-12-27-13-11-24)23-20(16)28-18(17)21(26)25-8-4-1-5-9-25/h1-13,22H2. The number of fused-ring (bicyclic) bond motifs is 3. The lowest BCUT2D eigenvalue weighted by Gasteiger charge is -2.31. The predicted molar refractivity (Wildman–Crippen MR) is 113 cm³/mol. The molecule has 6 nitrogen and oxygen atoms in total. The maximum Gasteiger partial charge on any atom is 0.266 e. The molecule has 2 aromatic rings. The monoisotopic (exact) mass is 400 g/mol. The number of nitrogens with two attached hydrogens (primary N) is 1. The van der Waals surface area contributed by atoms with Crippen molar-refractivity contribution in [3.05, 3.63) is 16.0 Å².